The van der Waals surface area contributed by atoms with E-state index in [4.69, 9.17) is 0 Å². The Kier molecular flexibility index (Phi) is 6.35. The van der Waals surface area contributed by atoms with E-state index in [1.165, 1.54) is 11.8 Å². The molecule has 1 N–H and O–H groups in total. The fraction of sp³-hybridized carbons (Fsp3) is 0.429. The zero-order chi connectivity index (χ0) is 15.8. The molecule has 8 heteroatoms. The SMILES string of the molecule is CN(C)CCn1nnnc1SCC(=O)NCc1ccccc1. The Morgan fingerprint density at radius 1 is 1.32 bits per heavy atom. The highest BCUT2D eigenvalue weighted by molar-refractivity contribution is 7.99. The predicted molar refractivity (Wildman–Crippen MR) is 85.4 cm³/mol. The van der Waals surface area contributed by atoms with Crippen LogP contribution >= 0.6 is 11.8 Å². The number of hydrogen-bond acceptors (Lipinski definition) is 6. The van der Waals surface area contributed by atoms with Crippen LogP contribution in [-0.2, 0) is 17.9 Å². The third-order valence-electron chi connectivity index (χ3n) is 2.92. The van der Waals surface area contributed by atoms with Crippen LogP contribution in [0.3, 0.4) is 0 Å². The summed E-state index contributed by atoms with van der Waals surface area (Å²) < 4.78 is 1.72. The van der Waals surface area contributed by atoms with Gasteiger partial charge in [-0.2, -0.15) is 0 Å². The number of tetrazole rings is 1. The number of rotatable bonds is 8. The summed E-state index contributed by atoms with van der Waals surface area (Å²) in [6, 6.07) is 9.82. The van der Waals surface area contributed by atoms with Crippen molar-refractivity contribution in [2.24, 2.45) is 0 Å². The van der Waals surface area contributed by atoms with E-state index >= 15 is 0 Å². The van der Waals surface area contributed by atoms with Gasteiger partial charge in [-0.15, -0.1) is 5.10 Å². The van der Waals surface area contributed by atoms with Crippen molar-refractivity contribution in [2.75, 3.05) is 26.4 Å². The standard InChI is InChI=1S/C14H20N6OS/c1-19(2)8-9-20-14(16-17-18-20)22-11-13(21)15-10-12-6-4-3-5-7-12/h3-7H,8-11H2,1-2H3,(H,15,21). The lowest BCUT2D eigenvalue weighted by molar-refractivity contribution is -0.118. The molecular formula is C14H20N6OS. The Bertz CT molecular complexity index is 586. The van der Waals surface area contributed by atoms with E-state index < -0.39 is 0 Å². The molecule has 0 saturated carbocycles. The van der Waals surface area contributed by atoms with E-state index in [0.29, 0.717) is 24.0 Å². The number of likely N-dealkylation sites (N-methyl/N-ethyl adjacent to an activating group) is 1. The highest BCUT2D eigenvalue weighted by Gasteiger charge is 2.10. The molecule has 0 spiro atoms. The molecule has 7 nitrogen and oxygen atoms in total. The smallest absolute Gasteiger partial charge is 0.230 e. The van der Waals surface area contributed by atoms with Gasteiger partial charge in [0, 0.05) is 13.1 Å². The first kappa shape index (κ1) is 16.4. The number of hydrogen-bond donors (Lipinski definition) is 1. The minimum absolute atomic E-state index is 0.0315. The molecule has 22 heavy (non-hydrogen) atoms. The van der Waals surface area contributed by atoms with Crippen molar-refractivity contribution < 1.29 is 4.79 Å². The summed E-state index contributed by atoms with van der Waals surface area (Å²) in [5.74, 6) is 0.269. The zero-order valence-electron chi connectivity index (χ0n) is 12.8. The minimum atomic E-state index is -0.0315. The third kappa shape index (κ3) is 5.45. The van der Waals surface area contributed by atoms with Gasteiger partial charge >= 0.3 is 0 Å². The molecule has 0 radical (unpaired) electrons. The third-order valence-corrected chi connectivity index (χ3v) is 3.88. The Morgan fingerprint density at radius 2 is 2.09 bits per heavy atom. The monoisotopic (exact) mass is 320 g/mol. The predicted octanol–water partition coefficient (Wildman–Crippen LogP) is 0.643. The van der Waals surface area contributed by atoms with Crippen molar-refractivity contribution in [2.45, 2.75) is 18.2 Å². The number of benzene rings is 1. The number of aromatic nitrogens is 4. The second kappa shape index (κ2) is 8.50. The molecule has 0 fully saturated rings. The molecule has 0 bridgehead atoms. The fourth-order valence-corrected chi connectivity index (χ4v) is 2.45. The normalized spacial score (nSPS) is 10.9. The lowest BCUT2D eigenvalue weighted by Gasteiger charge is -2.09. The van der Waals surface area contributed by atoms with E-state index in [2.05, 4.69) is 25.7 Å². The molecule has 0 aliphatic carbocycles. The highest BCUT2D eigenvalue weighted by atomic mass is 32.2. The number of nitrogens with zero attached hydrogens (tertiary/aromatic N) is 5. The van der Waals surface area contributed by atoms with Crippen molar-refractivity contribution in [3.63, 3.8) is 0 Å². The van der Waals surface area contributed by atoms with Gasteiger partial charge in [-0.3, -0.25) is 4.79 Å². The number of carbonyl (C=O) groups excluding carboxylic acids is 1. The number of carbonyl (C=O) groups is 1. The van der Waals surface area contributed by atoms with Gasteiger partial charge in [0.1, 0.15) is 0 Å². The van der Waals surface area contributed by atoms with Crippen LogP contribution in [0.5, 0.6) is 0 Å². The van der Waals surface area contributed by atoms with Crippen LogP contribution in [0.2, 0.25) is 0 Å². The van der Waals surface area contributed by atoms with Crippen LogP contribution in [-0.4, -0.2) is 57.4 Å². The van der Waals surface area contributed by atoms with Crippen molar-refractivity contribution in [3.8, 4) is 0 Å². The van der Waals surface area contributed by atoms with Crippen LogP contribution in [0.4, 0.5) is 0 Å². The molecule has 118 valence electrons. The zero-order valence-corrected chi connectivity index (χ0v) is 13.6. The molecule has 1 aromatic heterocycles. The number of thioether (sulfide) groups is 1. The van der Waals surface area contributed by atoms with Gasteiger partial charge in [0.2, 0.25) is 11.1 Å². The van der Waals surface area contributed by atoms with E-state index in [0.717, 1.165) is 12.1 Å². The Balaban J connectivity index is 1.75. The van der Waals surface area contributed by atoms with Crippen LogP contribution in [0.25, 0.3) is 0 Å². The second-order valence-corrected chi connectivity index (χ2v) is 5.98. The van der Waals surface area contributed by atoms with E-state index in [-0.39, 0.29) is 5.91 Å². The Hall–Kier alpha value is -1.93. The van der Waals surface area contributed by atoms with E-state index in [9.17, 15) is 4.79 Å². The van der Waals surface area contributed by atoms with Crippen LogP contribution in [0, 0.1) is 0 Å². The topological polar surface area (TPSA) is 75.9 Å². The van der Waals surface area contributed by atoms with Crippen molar-refractivity contribution in [1.82, 2.24) is 30.4 Å². The molecule has 0 aliphatic rings. The van der Waals surface area contributed by atoms with Crippen molar-refractivity contribution >= 4 is 17.7 Å². The van der Waals surface area contributed by atoms with E-state index in [1.54, 1.807) is 4.68 Å². The first-order chi connectivity index (χ1) is 10.6. The summed E-state index contributed by atoms with van der Waals surface area (Å²) in [6.45, 7) is 2.08. The van der Waals surface area contributed by atoms with Gasteiger partial charge < -0.3 is 10.2 Å². The van der Waals surface area contributed by atoms with Crippen molar-refractivity contribution in [1.29, 1.82) is 0 Å². The highest BCUT2D eigenvalue weighted by Crippen LogP contribution is 2.13. The fourth-order valence-electron chi connectivity index (χ4n) is 1.71. The maximum Gasteiger partial charge on any atom is 0.230 e. The van der Waals surface area contributed by atoms with E-state index in [1.807, 2.05) is 44.4 Å². The van der Waals surface area contributed by atoms with Gasteiger partial charge in [0.15, 0.2) is 0 Å². The quantitative estimate of drug-likeness (QED) is 0.720. The van der Waals surface area contributed by atoms with Gasteiger partial charge in [0.05, 0.1) is 12.3 Å². The second-order valence-electron chi connectivity index (χ2n) is 5.04. The van der Waals surface area contributed by atoms with Gasteiger partial charge in [-0.05, 0) is 30.1 Å². The molecule has 2 aromatic rings. The summed E-state index contributed by atoms with van der Waals surface area (Å²) >= 11 is 1.34. The van der Waals surface area contributed by atoms with Crippen molar-refractivity contribution in [3.05, 3.63) is 35.9 Å². The molecule has 0 atom stereocenters. The summed E-state index contributed by atoms with van der Waals surface area (Å²) in [4.78, 5) is 13.9. The van der Waals surface area contributed by atoms with Crippen LogP contribution < -0.4 is 5.32 Å². The summed E-state index contributed by atoms with van der Waals surface area (Å²) in [5, 5.41) is 15.1. The van der Waals surface area contributed by atoms with Crippen LogP contribution in [0.1, 0.15) is 5.56 Å². The lowest BCUT2D eigenvalue weighted by atomic mass is 10.2. The first-order valence-corrected chi connectivity index (χ1v) is 7.98. The van der Waals surface area contributed by atoms with Crippen LogP contribution in [0.15, 0.2) is 35.5 Å². The Morgan fingerprint density at radius 3 is 2.82 bits per heavy atom. The molecule has 1 heterocycles. The van der Waals surface area contributed by atoms with Gasteiger partial charge in [-0.25, -0.2) is 4.68 Å². The summed E-state index contributed by atoms with van der Waals surface area (Å²) in [5.41, 5.74) is 1.08. The maximum atomic E-state index is 11.9. The molecule has 0 unspecified atom stereocenters. The first-order valence-electron chi connectivity index (χ1n) is 6.99. The average molecular weight is 320 g/mol. The molecule has 2 rings (SSSR count). The maximum absolute atomic E-state index is 11.9. The lowest BCUT2D eigenvalue weighted by Crippen LogP contribution is -2.25. The molecular weight excluding hydrogens is 300 g/mol. The van der Waals surface area contributed by atoms with Gasteiger partial charge in [0.25, 0.3) is 0 Å². The molecule has 0 aliphatic heterocycles. The minimum Gasteiger partial charge on any atom is -0.351 e. The average Bonchev–Trinajstić information content (AvgIpc) is 2.97. The Labute approximate surface area is 134 Å². The largest absolute Gasteiger partial charge is 0.351 e. The summed E-state index contributed by atoms with van der Waals surface area (Å²) in [6.07, 6.45) is 0. The summed E-state index contributed by atoms with van der Waals surface area (Å²) in [7, 11) is 3.99. The molecule has 1 amide bonds. The number of nitrogens with one attached hydrogen (secondary N) is 1. The molecule has 1 aromatic carbocycles. The number of amides is 1. The van der Waals surface area contributed by atoms with Gasteiger partial charge in [-0.1, -0.05) is 42.1 Å². The molecule has 0 saturated heterocycles.